The normalized spacial score (nSPS) is 13.8. The molecule has 7 nitrogen and oxygen atoms in total. The van der Waals surface area contributed by atoms with Crippen LogP contribution in [0.2, 0.25) is 0 Å². The van der Waals surface area contributed by atoms with Gasteiger partial charge in [0.15, 0.2) is 0 Å². The Morgan fingerprint density at radius 2 is 1.91 bits per heavy atom. The van der Waals surface area contributed by atoms with Crippen LogP contribution in [0.5, 0.6) is 5.75 Å². The average molecular weight is 457 g/mol. The maximum absolute atomic E-state index is 12.5. The van der Waals surface area contributed by atoms with Crippen molar-refractivity contribution in [1.29, 1.82) is 0 Å². The SMILES string of the molecule is Cc1nccc(-c2ccc(OC[C@](C)(CC(C)C)NC(=O)OC(C)(C)C)c3ncsc23)n1. The van der Waals surface area contributed by atoms with Crippen LogP contribution in [0.3, 0.4) is 0 Å². The summed E-state index contributed by atoms with van der Waals surface area (Å²) in [5.74, 6) is 1.76. The average Bonchev–Trinajstić information content (AvgIpc) is 3.13. The zero-order chi connectivity index (χ0) is 23.5. The number of hydrogen-bond donors (Lipinski definition) is 1. The van der Waals surface area contributed by atoms with Gasteiger partial charge >= 0.3 is 6.09 Å². The van der Waals surface area contributed by atoms with E-state index < -0.39 is 17.2 Å². The summed E-state index contributed by atoms with van der Waals surface area (Å²) >= 11 is 1.55. The Morgan fingerprint density at radius 3 is 2.56 bits per heavy atom. The lowest BCUT2D eigenvalue weighted by molar-refractivity contribution is 0.0408. The minimum Gasteiger partial charge on any atom is -0.489 e. The molecule has 0 aliphatic carbocycles. The van der Waals surface area contributed by atoms with Crippen molar-refractivity contribution in [1.82, 2.24) is 20.3 Å². The van der Waals surface area contributed by atoms with Crippen LogP contribution in [0.1, 0.15) is 53.8 Å². The summed E-state index contributed by atoms with van der Waals surface area (Å²) in [6.07, 6.45) is 2.05. The number of benzene rings is 1. The molecule has 172 valence electrons. The lowest BCUT2D eigenvalue weighted by Gasteiger charge is -2.33. The van der Waals surface area contributed by atoms with Crippen molar-refractivity contribution >= 4 is 27.6 Å². The van der Waals surface area contributed by atoms with Gasteiger partial charge in [0.1, 0.15) is 29.3 Å². The van der Waals surface area contributed by atoms with E-state index >= 15 is 0 Å². The highest BCUT2D eigenvalue weighted by molar-refractivity contribution is 7.17. The monoisotopic (exact) mass is 456 g/mol. The van der Waals surface area contributed by atoms with Gasteiger partial charge < -0.3 is 14.8 Å². The van der Waals surface area contributed by atoms with E-state index in [9.17, 15) is 4.79 Å². The summed E-state index contributed by atoms with van der Waals surface area (Å²) in [6, 6.07) is 5.81. The molecule has 0 bridgehead atoms. The molecule has 1 N–H and O–H groups in total. The van der Waals surface area contributed by atoms with Crippen LogP contribution < -0.4 is 10.1 Å². The highest BCUT2D eigenvalue weighted by Crippen LogP contribution is 2.36. The van der Waals surface area contributed by atoms with Crippen LogP contribution >= 0.6 is 11.3 Å². The van der Waals surface area contributed by atoms with Crippen LogP contribution in [0.25, 0.3) is 21.5 Å². The van der Waals surface area contributed by atoms with Gasteiger partial charge in [-0.3, -0.25) is 0 Å². The molecule has 3 aromatic rings. The third kappa shape index (κ3) is 6.16. The molecule has 8 heteroatoms. The molecule has 0 radical (unpaired) electrons. The van der Waals surface area contributed by atoms with Crippen molar-refractivity contribution < 1.29 is 14.3 Å². The molecule has 1 amide bonds. The van der Waals surface area contributed by atoms with E-state index in [4.69, 9.17) is 9.47 Å². The molecule has 0 saturated heterocycles. The van der Waals surface area contributed by atoms with Gasteiger partial charge in [0.05, 0.1) is 21.4 Å². The maximum Gasteiger partial charge on any atom is 0.408 e. The predicted molar refractivity (Wildman–Crippen MR) is 128 cm³/mol. The van der Waals surface area contributed by atoms with Crippen molar-refractivity contribution in [2.24, 2.45) is 5.92 Å². The minimum atomic E-state index is -0.596. The summed E-state index contributed by atoms with van der Waals surface area (Å²) < 4.78 is 12.7. The standard InChI is InChI=1S/C24H32N4O3S/c1-15(2)12-24(7,28-22(29)31-23(4,5)6)13-30-19-9-8-17(21-20(19)26-14-32-21)18-10-11-25-16(3)27-18/h8-11,14-15H,12-13H2,1-7H3,(H,28,29)/t24-/m0/s1. The maximum atomic E-state index is 12.5. The first kappa shape index (κ1) is 23.9. The number of thiazole rings is 1. The second-order valence-electron chi connectivity index (χ2n) is 9.70. The molecule has 2 heterocycles. The quantitative estimate of drug-likeness (QED) is 0.486. The van der Waals surface area contributed by atoms with E-state index in [0.717, 1.165) is 33.7 Å². The Bertz CT molecular complexity index is 1090. The largest absolute Gasteiger partial charge is 0.489 e. The number of ether oxygens (including phenoxy) is 2. The lowest BCUT2D eigenvalue weighted by Crippen LogP contribution is -2.52. The Hall–Kier alpha value is -2.74. The fraction of sp³-hybridized carbons (Fsp3) is 0.500. The fourth-order valence-electron chi connectivity index (χ4n) is 3.68. The molecule has 0 spiro atoms. The number of hydrogen-bond acceptors (Lipinski definition) is 7. The first-order valence-corrected chi connectivity index (χ1v) is 11.6. The summed E-state index contributed by atoms with van der Waals surface area (Å²) in [5.41, 5.74) is 3.29. The second-order valence-corrected chi connectivity index (χ2v) is 10.6. The number of nitrogens with one attached hydrogen (secondary N) is 1. The number of amides is 1. The number of carbonyl (C=O) groups is 1. The predicted octanol–water partition coefficient (Wildman–Crippen LogP) is 5.77. The molecule has 32 heavy (non-hydrogen) atoms. The molecular weight excluding hydrogens is 424 g/mol. The molecule has 0 aliphatic rings. The summed E-state index contributed by atoms with van der Waals surface area (Å²) in [4.78, 5) is 25.7. The molecular formula is C24H32N4O3S. The number of aromatic nitrogens is 3. The van der Waals surface area contributed by atoms with Gasteiger partial charge in [0.25, 0.3) is 0 Å². The van der Waals surface area contributed by atoms with Crippen LogP contribution in [-0.2, 0) is 4.74 Å². The highest BCUT2D eigenvalue weighted by atomic mass is 32.1. The Morgan fingerprint density at radius 1 is 1.16 bits per heavy atom. The summed E-state index contributed by atoms with van der Waals surface area (Å²) in [5, 5.41) is 3.02. The van der Waals surface area contributed by atoms with Gasteiger partial charge in [0.2, 0.25) is 0 Å². The van der Waals surface area contributed by atoms with Crippen molar-refractivity contribution in [3.63, 3.8) is 0 Å². The van der Waals surface area contributed by atoms with Crippen LogP contribution in [-0.4, -0.2) is 38.8 Å². The lowest BCUT2D eigenvalue weighted by atomic mass is 9.91. The van der Waals surface area contributed by atoms with E-state index in [0.29, 0.717) is 18.3 Å². The third-order valence-electron chi connectivity index (χ3n) is 4.71. The first-order chi connectivity index (χ1) is 15.0. The van der Waals surface area contributed by atoms with E-state index in [1.54, 1.807) is 23.0 Å². The van der Waals surface area contributed by atoms with Gasteiger partial charge in [-0.15, -0.1) is 11.3 Å². The highest BCUT2D eigenvalue weighted by Gasteiger charge is 2.31. The second kappa shape index (κ2) is 9.40. The number of carbonyl (C=O) groups excluding carboxylic acids is 1. The van der Waals surface area contributed by atoms with Gasteiger partial charge in [-0.05, 0) is 65.2 Å². The Labute approximate surface area is 193 Å². The van der Waals surface area contributed by atoms with Crippen molar-refractivity contribution in [3.05, 3.63) is 35.7 Å². The third-order valence-corrected chi connectivity index (χ3v) is 5.57. The van der Waals surface area contributed by atoms with Crippen LogP contribution in [0.4, 0.5) is 4.79 Å². The van der Waals surface area contributed by atoms with E-state index in [1.165, 1.54) is 0 Å². The molecule has 2 aromatic heterocycles. The van der Waals surface area contributed by atoms with Crippen LogP contribution in [0, 0.1) is 12.8 Å². The first-order valence-electron chi connectivity index (χ1n) is 10.8. The number of alkyl carbamates (subject to hydrolysis) is 1. The molecule has 0 saturated carbocycles. The van der Waals surface area contributed by atoms with Crippen LogP contribution in [0.15, 0.2) is 29.9 Å². The number of fused-ring (bicyclic) bond motifs is 1. The molecule has 1 aromatic carbocycles. The molecule has 3 rings (SSSR count). The molecule has 0 fully saturated rings. The summed E-state index contributed by atoms with van der Waals surface area (Å²) in [6.45, 7) is 13.9. The fourth-order valence-corrected chi connectivity index (χ4v) is 4.51. The van der Waals surface area contributed by atoms with Crippen molar-refractivity contribution in [2.75, 3.05) is 6.61 Å². The zero-order valence-corrected chi connectivity index (χ0v) is 20.7. The number of nitrogens with zero attached hydrogens (tertiary/aromatic N) is 3. The van der Waals surface area contributed by atoms with E-state index in [1.807, 2.05) is 52.8 Å². The van der Waals surface area contributed by atoms with Crippen molar-refractivity contribution in [3.8, 4) is 17.0 Å². The zero-order valence-electron chi connectivity index (χ0n) is 19.9. The molecule has 0 aliphatic heterocycles. The smallest absolute Gasteiger partial charge is 0.408 e. The number of rotatable bonds is 7. The molecule has 1 atom stereocenters. The van der Waals surface area contributed by atoms with Gasteiger partial charge in [-0.2, -0.15) is 0 Å². The van der Waals surface area contributed by atoms with E-state index in [-0.39, 0.29) is 0 Å². The van der Waals surface area contributed by atoms with E-state index in [2.05, 4.69) is 34.1 Å². The topological polar surface area (TPSA) is 86.2 Å². The van der Waals surface area contributed by atoms with Gasteiger partial charge in [-0.1, -0.05) is 13.8 Å². The minimum absolute atomic E-state index is 0.295. The molecule has 0 unspecified atom stereocenters. The van der Waals surface area contributed by atoms with Gasteiger partial charge in [-0.25, -0.2) is 19.7 Å². The Kier molecular flexibility index (Phi) is 7.03. The number of aryl methyl sites for hydroxylation is 1. The summed E-state index contributed by atoms with van der Waals surface area (Å²) in [7, 11) is 0. The van der Waals surface area contributed by atoms with Crippen molar-refractivity contribution in [2.45, 2.75) is 66.0 Å². The van der Waals surface area contributed by atoms with Gasteiger partial charge in [0, 0.05) is 11.8 Å². The Balaban J connectivity index is 1.83.